The molecule has 0 saturated carbocycles. The van der Waals surface area contributed by atoms with Crippen molar-refractivity contribution in [2.24, 2.45) is 11.5 Å². The van der Waals surface area contributed by atoms with E-state index in [1.165, 1.54) is 0 Å². The summed E-state index contributed by atoms with van der Waals surface area (Å²) in [6, 6.07) is -0.833. The number of amides is 2. The zero-order valence-electron chi connectivity index (χ0n) is 4.98. The van der Waals surface area contributed by atoms with E-state index in [1.54, 1.807) is 0 Å². The van der Waals surface area contributed by atoms with E-state index in [0.717, 1.165) is 0 Å². The van der Waals surface area contributed by atoms with Crippen molar-refractivity contribution in [3.8, 4) is 0 Å². The van der Waals surface area contributed by atoms with Crippen LogP contribution in [0, 0.1) is 0 Å². The van der Waals surface area contributed by atoms with Gasteiger partial charge in [-0.3, -0.25) is 4.46 Å². The molecule has 0 aliphatic heterocycles. The van der Waals surface area contributed by atoms with Gasteiger partial charge in [0.1, 0.15) is 6.79 Å². The predicted octanol–water partition coefficient (Wildman–Crippen LogP) is -2.77. The number of hydrogen-bond donors (Lipinski definition) is 4. The van der Waals surface area contributed by atoms with Crippen LogP contribution in [0.3, 0.4) is 0 Å². The first kappa shape index (κ1) is 15.8. The SMILES string of the molecule is C=O.NC(N)=O.O=[Si](O)O. The van der Waals surface area contributed by atoms with E-state index in [4.69, 9.17) is 23.6 Å². The van der Waals surface area contributed by atoms with Gasteiger partial charge in [-0.1, -0.05) is 0 Å². The molecule has 0 spiro atoms. The topological polar surface area (TPSA) is 144 Å². The van der Waals surface area contributed by atoms with Crippen LogP contribution in [0.1, 0.15) is 0 Å². The molecular weight excluding hydrogens is 160 g/mol. The molecule has 0 aliphatic rings. The molecule has 2 amide bonds. The van der Waals surface area contributed by atoms with E-state index in [0.29, 0.717) is 0 Å². The molecule has 8 heteroatoms. The minimum atomic E-state index is -3.13. The van der Waals surface area contributed by atoms with Gasteiger partial charge in [-0.15, -0.1) is 0 Å². The van der Waals surface area contributed by atoms with Crippen LogP contribution in [0.2, 0.25) is 0 Å². The monoisotopic (exact) mass is 168 g/mol. The van der Waals surface area contributed by atoms with Crippen LogP contribution < -0.4 is 11.5 Å². The molecule has 0 heterocycles. The summed E-state index contributed by atoms with van der Waals surface area (Å²) in [5, 5.41) is 0. The van der Waals surface area contributed by atoms with Crippen molar-refractivity contribution in [1.29, 1.82) is 0 Å². The number of carbonyl (C=O) groups excluding carboxylic acids is 2. The molecule has 0 aromatic carbocycles. The Kier molecular flexibility index (Phi) is 24.8. The fourth-order valence-electron chi connectivity index (χ4n) is 0. The Morgan fingerprint density at radius 3 is 1.30 bits per heavy atom. The highest BCUT2D eigenvalue weighted by atomic mass is 28.3. The molecule has 0 fully saturated rings. The van der Waals surface area contributed by atoms with Crippen LogP contribution in [0.25, 0.3) is 0 Å². The molecule has 0 unspecified atom stereocenters. The average Bonchev–Trinajstić information content (AvgIpc) is 1.66. The number of nitrogens with two attached hydrogens (primary N) is 2. The molecule has 0 bridgehead atoms. The van der Waals surface area contributed by atoms with E-state index in [2.05, 4.69) is 11.5 Å². The van der Waals surface area contributed by atoms with Crippen molar-refractivity contribution in [2.45, 2.75) is 0 Å². The van der Waals surface area contributed by atoms with Crippen LogP contribution in [-0.2, 0) is 9.26 Å². The molecule has 0 aromatic rings. The Bertz CT molecular complexity index is 85.8. The van der Waals surface area contributed by atoms with Crippen LogP contribution in [0.15, 0.2) is 0 Å². The maximum atomic E-state index is 9.00. The van der Waals surface area contributed by atoms with E-state index >= 15 is 0 Å². The zero-order chi connectivity index (χ0) is 9.15. The van der Waals surface area contributed by atoms with Gasteiger partial charge < -0.3 is 25.9 Å². The largest absolute Gasteiger partial charge is 0.761 e. The quantitative estimate of drug-likeness (QED) is 0.289. The van der Waals surface area contributed by atoms with Crippen molar-refractivity contribution in [3.63, 3.8) is 0 Å². The Morgan fingerprint density at radius 1 is 1.30 bits per heavy atom. The highest BCUT2D eigenvalue weighted by Crippen LogP contribution is 1.27. The molecule has 0 atom stereocenters. The van der Waals surface area contributed by atoms with Gasteiger partial charge in [0, 0.05) is 0 Å². The number of primary amides is 2. The summed E-state index contributed by atoms with van der Waals surface area (Å²) in [6.07, 6.45) is 0. The first-order valence-corrected chi connectivity index (χ1v) is 3.02. The molecular formula is C2H8N2O5Si. The second-order valence-electron chi connectivity index (χ2n) is 0.685. The smallest absolute Gasteiger partial charge is 0.511 e. The molecule has 0 radical (unpaired) electrons. The van der Waals surface area contributed by atoms with Gasteiger partial charge in [0.05, 0.1) is 0 Å². The minimum Gasteiger partial charge on any atom is -0.511 e. The normalized spacial score (nSPS) is 5.20. The number of carbonyl (C=O) groups is 2. The minimum absolute atomic E-state index is 0.833. The van der Waals surface area contributed by atoms with Gasteiger partial charge in [-0.05, 0) is 0 Å². The lowest BCUT2D eigenvalue weighted by Gasteiger charge is -1.62. The fourth-order valence-corrected chi connectivity index (χ4v) is 0. The van der Waals surface area contributed by atoms with E-state index in [-0.39, 0.29) is 0 Å². The lowest BCUT2D eigenvalue weighted by Crippen LogP contribution is -2.18. The molecule has 7 nitrogen and oxygen atoms in total. The van der Waals surface area contributed by atoms with Gasteiger partial charge in [0.25, 0.3) is 0 Å². The number of hydrogen-bond acceptors (Lipinski definition) is 3. The Hall–Kier alpha value is -1.44. The van der Waals surface area contributed by atoms with Gasteiger partial charge in [0.15, 0.2) is 0 Å². The Labute approximate surface area is 58.2 Å². The Balaban J connectivity index is -0.0000000787. The van der Waals surface area contributed by atoms with Gasteiger partial charge in [0.2, 0.25) is 0 Å². The Morgan fingerprint density at radius 2 is 1.30 bits per heavy atom. The first-order valence-electron chi connectivity index (χ1n) is 1.72. The standard InChI is InChI=1S/CH4N2O.CH2O.H2O3Si/c2-1(3)4;1-2;1-4(2)3/h(H4,2,3,4);1H2;1-2H. The van der Waals surface area contributed by atoms with Gasteiger partial charge in [-0.25, -0.2) is 4.79 Å². The third-order valence-corrected chi connectivity index (χ3v) is 0. The second kappa shape index (κ2) is 15.6. The van der Waals surface area contributed by atoms with Crippen molar-refractivity contribution in [3.05, 3.63) is 0 Å². The average molecular weight is 168 g/mol. The summed E-state index contributed by atoms with van der Waals surface area (Å²) in [5.41, 5.74) is 8.50. The lowest BCUT2D eigenvalue weighted by atomic mass is 11.2. The molecule has 10 heavy (non-hydrogen) atoms. The van der Waals surface area contributed by atoms with Crippen LogP contribution in [0.5, 0.6) is 0 Å². The maximum Gasteiger partial charge on any atom is 0.761 e. The molecule has 0 saturated heterocycles. The van der Waals surface area contributed by atoms with Crippen LogP contribution in [-0.4, -0.2) is 31.6 Å². The number of urea groups is 1. The van der Waals surface area contributed by atoms with Crippen molar-refractivity contribution in [2.75, 3.05) is 0 Å². The van der Waals surface area contributed by atoms with E-state index in [9.17, 15) is 0 Å². The third-order valence-electron chi connectivity index (χ3n) is 0. The molecule has 6 N–H and O–H groups in total. The predicted molar refractivity (Wildman–Crippen MR) is 31.8 cm³/mol. The van der Waals surface area contributed by atoms with E-state index < -0.39 is 15.2 Å². The zero-order valence-corrected chi connectivity index (χ0v) is 5.98. The molecule has 0 aliphatic carbocycles. The molecule has 60 valence electrons. The summed E-state index contributed by atoms with van der Waals surface area (Å²) in [7, 11) is -3.13. The van der Waals surface area contributed by atoms with Crippen molar-refractivity contribution >= 4 is 22.0 Å². The molecule has 0 aromatic heterocycles. The van der Waals surface area contributed by atoms with Crippen LogP contribution in [0.4, 0.5) is 4.79 Å². The van der Waals surface area contributed by atoms with Gasteiger partial charge >= 0.3 is 15.2 Å². The summed E-state index contributed by atoms with van der Waals surface area (Å²) in [4.78, 5) is 31.3. The van der Waals surface area contributed by atoms with Crippen molar-refractivity contribution in [1.82, 2.24) is 0 Å². The summed E-state index contributed by atoms with van der Waals surface area (Å²) in [6.45, 7) is 2.00. The summed E-state index contributed by atoms with van der Waals surface area (Å²) < 4.78 is 8.74. The highest BCUT2D eigenvalue weighted by Gasteiger charge is 1.85. The summed E-state index contributed by atoms with van der Waals surface area (Å²) in [5.74, 6) is 0. The first-order chi connectivity index (χ1) is 4.46. The van der Waals surface area contributed by atoms with Gasteiger partial charge in [-0.2, -0.15) is 0 Å². The fraction of sp³-hybridized carbons (Fsp3) is 0. The highest BCUT2D eigenvalue weighted by molar-refractivity contribution is 6.22. The maximum absolute atomic E-state index is 9.00. The molecule has 0 rings (SSSR count). The van der Waals surface area contributed by atoms with E-state index in [1.807, 2.05) is 6.79 Å². The number of rotatable bonds is 0. The third kappa shape index (κ3) is 97.2. The van der Waals surface area contributed by atoms with Crippen molar-refractivity contribution < 1.29 is 23.6 Å². The van der Waals surface area contributed by atoms with Crippen LogP contribution >= 0.6 is 0 Å². The lowest BCUT2D eigenvalue weighted by molar-refractivity contribution is -0.0980. The second-order valence-corrected chi connectivity index (χ2v) is 1.25. The summed E-state index contributed by atoms with van der Waals surface area (Å²) >= 11 is 0.